The van der Waals surface area contributed by atoms with Crippen LogP contribution in [0.3, 0.4) is 0 Å². The summed E-state index contributed by atoms with van der Waals surface area (Å²) in [6, 6.07) is 4.13. The first kappa shape index (κ1) is 17.1. The van der Waals surface area contributed by atoms with E-state index in [9.17, 15) is 10.4 Å². The molecule has 3 rings (SSSR count). The molecular formula is C18H22N6O. The van der Waals surface area contributed by atoms with Crippen LogP contribution in [0.2, 0.25) is 0 Å². The second-order valence-electron chi connectivity index (χ2n) is 6.53. The summed E-state index contributed by atoms with van der Waals surface area (Å²) in [6.45, 7) is 6.07. The van der Waals surface area contributed by atoms with Crippen molar-refractivity contribution in [2.75, 3.05) is 6.61 Å². The van der Waals surface area contributed by atoms with Crippen molar-refractivity contribution in [3.63, 3.8) is 0 Å². The number of aryl methyl sites for hydroxylation is 1. The van der Waals surface area contributed by atoms with Gasteiger partial charge in [0.15, 0.2) is 6.29 Å². The number of nitrogens with zero attached hydrogens (tertiary/aromatic N) is 3. The molecule has 2 atom stereocenters. The molecule has 0 fully saturated rings. The van der Waals surface area contributed by atoms with E-state index in [1.165, 1.54) is 0 Å². The predicted molar refractivity (Wildman–Crippen MR) is 96.8 cm³/mol. The molecule has 0 amide bonds. The van der Waals surface area contributed by atoms with Crippen LogP contribution in [0.5, 0.6) is 0 Å². The van der Waals surface area contributed by atoms with E-state index in [1.54, 1.807) is 12.4 Å². The number of aliphatic imine (C=N–C) groups is 1. The smallest absolute Gasteiger partial charge is 0.174 e. The van der Waals surface area contributed by atoms with Gasteiger partial charge < -0.3 is 15.4 Å². The van der Waals surface area contributed by atoms with Crippen molar-refractivity contribution in [3.05, 3.63) is 41.4 Å². The lowest BCUT2D eigenvalue weighted by atomic mass is 10.0. The summed E-state index contributed by atoms with van der Waals surface area (Å²) in [4.78, 5) is 12.2. The topological polar surface area (TPSA) is 109 Å². The summed E-state index contributed by atoms with van der Waals surface area (Å²) in [5, 5.41) is 26.3. The van der Waals surface area contributed by atoms with Crippen LogP contribution in [0.25, 0.3) is 11.0 Å². The van der Waals surface area contributed by atoms with Crippen LogP contribution in [0.1, 0.15) is 25.0 Å². The lowest BCUT2D eigenvalue weighted by Gasteiger charge is -2.27. The van der Waals surface area contributed by atoms with Crippen LogP contribution >= 0.6 is 0 Å². The zero-order valence-corrected chi connectivity index (χ0v) is 14.5. The molecule has 0 spiro atoms. The molecule has 3 heterocycles. The third kappa shape index (κ3) is 3.40. The average molecular weight is 338 g/mol. The summed E-state index contributed by atoms with van der Waals surface area (Å²) in [7, 11) is 0. The molecule has 0 bridgehead atoms. The number of nitrogens with one attached hydrogen (secondary N) is 3. The van der Waals surface area contributed by atoms with Gasteiger partial charge in [0, 0.05) is 35.6 Å². The van der Waals surface area contributed by atoms with Crippen molar-refractivity contribution in [2.45, 2.75) is 33.1 Å². The zero-order chi connectivity index (χ0) is 18.0. The molecule has 0 aromatic carbocycles. The van der Waals surface area contributed by atoms with E-state index < -0.39 is 6.29 Å². The molecule has 0 radical (unpaired) electrons. The monoisotopic (exact) mass is 338 g/mol. The summed E-state index contributed by atoms with van der Waals surface area (Å²) in [6.07, 6.45) is 4.88. The summed E-state index contributed by atoms with van der Waals surface area (Å²) < 4.78 is 0. The van der Waals surface area contributed by atoms with Crippen molar-refractivity contribution in [1.29, 1.82) is 5.26 Å². The van der Waals surface area contributed by atoms with Gasteiger partial charge in [0.25, 0.3) is 0 Å². The van der Waals surface area contributed by atoms with E-state index in [1.807, 2.05) is 33.0 Å². The number of aliphatic hydroxyl groups is 1. The number of H-pyrrole nitrogens is 1. The quantitative estimate of drug-likeness (QED) is 0.661. The minimum absolute atomic E-state index is 0.0196. The van der Waals surface area contributed by atoms with Crippen LogP contribution in [-0.4, -0.2) is 39.7 Å². The molecule has 1 aliphatic heterocycles. The Bertz CT molecular complexity index is 873. The highest BCUT2D eigenvalue weighted by molar-refractivity contribution is 6.21. The van der Waals surface area contributed by atoms with Crippen LogP contribution < -0.4 is 10.6 Å². The van der Waals surface area contributed by atoms with E-state index in [2.05, 4.69) is 31.7 Å². The van der Waals surface area contributed by atoms with Crippen molar-refractivity contribution < 1.29 is 5.11 Å². The minimum Gasteiger partial charge on any atom is -0.395 e. The molecule has 1 unspecified atom stereocenters. The van der Waals surface area contributed by atoms with Gasteiger partial charge in [-0.05, 0) is 24.5 Å². The molecule has 4 N–H and O–H groups in total. The van der Waals surface area contributed by atoms with Crippen molar-refractivity contribution in [1.82, 2.24) is 20.6 Å². The molecule has 0 saturated carbocycles. The Morgan fingerprint density at radius 3 is 2.92 bits per heavy atom. The average Bonchev–Trinajstić information content (AvgIpc) is 3.02. The van der Waals surface area contributed by atoms with Crippen LogP contribution in [0.15, 0.2) is 35.2 Å². The highest BCUT2D eigenvalue weighted by Crippen LogP contribution is 2.22. The first-order valence-corrected chi connectivity index (χ1v) is 8.29. The second-order valence-corrected chi connectivity index (χ2v) is 6.53. The van der Waals surface area contributed by atoms with E-state index in [4.69, 9.17) is 0 Å². The molecule has 7 nitrogen and oxygen atoms in total. The maximum absolute atomic E-state index is 9.53. The molecule has 25 heavy (non-hydrogen) atoms. The van der Waals surface area contributed by atoms with Crippen LogP contribution in [-0.2, 0) is 0 Å². The highest BCUT2D eigenvalue weighted by Gasteiger charge is 2.23. The minimum atomic E-state index is -0.408. The SMILES string of the molecule is Cc1cnc2[nH]cc(C3=NC(N[C@@H](CO)C(C)C)NC=C3C#N)c2c1. The summed E-state index contributed by atoms with van der Waals surface area (Å²) >= 11 is 0. The molecule has 1 aliphatic rings. The van der Waals surface area contributed by atoms with Gasteiger partial charge in [0.2, 0.25) is 0 Å². The number of aliphatic hydroxyl groups excluding tert-OH is 1. The van der Waals surface area contributed by atoms with Gasteiger partial charge in [-0.2, -0.15) is 5.26 Å². The fourth-order valence-corrected chi connectivity index (χ4v) is 2.81. The number of rotatable bonds is 5. The number of nitriles is 1. The second kappa shape index (κ2) is 7.05. The van der Waals surface area contributed by atoms with Gasteiger partial charge >= 0.3 is 0 Å². The molecule has 7 heteroatoms. The summed E-state index contributed by atoms with van der Waals surface area (Å²) in [5.74, 6) is 0.256. The lowest BCUT2D eigenvalue weighted by molar-refractivity contribution is 0.195. The zero-order valence-electron chi connectivity index (χ0n) is 14.5. The maximum Gasteiger partial charge on any atom is 0.174 e. The van der Waals surface area contributed by atoms with Crippen molar-refractivity contribution >= 4 is 16.7 Å². The van der Waals surface area contributed by atoms with Crippen molar-refractivity contribution in [3.8, 4) is 6.07 Å². The van der Waals surface area contributed by atoms with E-state index in [0.29, 0.717) is 11.3 Å². The number of hydrogen-bond acceptors (Lipinski definition) is 6. The molecule has 2 aromatic rings. The standard InChI is InChI=1S/C18H22N6O/c1-10(2)15(9-25)23-18-22-7-12(5-19)16(24-18)14-8-21-17-13(14)4-11(3)6-20-17/h4,6-8,10,15,18,22-23,25H,9H2,1-3H3,(H,20,21)/t15-,18?/m0/s1. The Morgan fingerprint density at radius 1 is 1.44 bits per heavy atom. The van der Waals surface area contributed by atoms with E-state index in [0.717, 1.165) is 22.2 Å². The highest BCUT2D eigenvalue weighted by atomic mass is 16.3. The van der Waals surface area contributed by atoms with Gasteiger partial charge in [-0.3, -0.25) is 5.32 Å². The Labute approximate surface area is 146 Å². The fraction of sp³-hybridized carbons (Fsp3) is 0.389. The lowest BCUT2D eigenvalue weighted by Crippen LogP contribution is -2.50. The number of fused-ring (bicyclic) bond motifs is 1. The Morgan fingerprint density at radius 2 is 2.24 bits per heavy atom. The largest absolute Gasteiger partial charge is 0.395 e. The Hall–Kier alpha value is -2.69. The Kier molecular flexibility index (Phi) is 4.83. The number of aromatic nitrogens is 2. The number of allylic oxidation sites excluding steroid dienone is 1. The van der Waals surface area contributed by atoms with Gasteiger partial charge in [0.05, 0.1) is 17.9 Å². The normalized spacial score (nSPS) is 18.5. The third-order valence-electron chi connectivity index (χ3n) is 4.32. The fourth-order valence-electron chi connectivity index (χ4n) is 2.81. The first-order chi connectivity index (χ1) is 12.0. The Balaban J connectivity index is 1.99. The first-order valence-electron chi connectivity index (χ1n) is 8.29. The van der Waals surface area contributed by atoms with E-state index >= 15 is 0 Å². The number of pyridine rings is 1. The summed E-state index contributed by atoms with van der Waals surface area (Å²) in [5.41, 5.74) is 3.72. The molecule has 130 valence electrons. The molecular weight excluding hydrogens is 316 g/mol. The molecule has 0 saturated heterocycles. The predicted octanol–water partition coefficient (Wildman–Crippen LogP) is 1.56. The number of hydrogen-bond donors (Lipinski definition) is 4. The van der Waals surface area contributed by atoms with Crippen LogP contribution in [0.4, 0.5) is 0 Å². The number of aromatic amines is 1. The van der Waals surface area contributed by atoms with Gasteiger partial charge in [0.1, 0.15) is 11.7 Å². The molecule has 0 aliphatic carbocycles. The van der Waals surface area contributed by atoms with E-state index in [-0.39, 0.29) is 18.6 Å². The van der Waals surface area contributed by atoms with Gasteiger partial charge in [-0.1, -0.05) is 13.8 Å². The third-order valence-corrected chi connectivity index (χ3v) is 4.32. The van der Waals surface area contributed by atoms with Gasteiger partial charge in [-0.25, -0.2) is 9.98 Å². The molecule has 2 aromatic heterocycles. The van der Waals surface area contributed by atoms with Gasteiger partial charge in [-0.15, -0.1) is 0 Å². The van der Waals surface area contributed by atoms with Crippen molar-refractivity contribution in [2.24, 2.45) is 10.9 Å². The van der Waals surface area contributed by atoms with Crippen LogP contribution in [0, 0.1) is 24.2 Å². The maximum atomic E-state index is 9.53.